The molecule has 4 heteroatoms. The molecule has 0 spiro atoms. The minimum Gasteiger partial charge on any atom is -0.314 e. The van der Waals surface area contributed by atoms with Crippen molar-refractivity contribution >= 4 is 0 Å². The van der Waals surface area contributed by atoms with Crippen molar-refractivity contribution in [2.45, 2.75) is 19.0 Å². The normalized spacial score (nSPS) is 18.9. The molecular formula is C11H16FN3. The van der Waals surface area contributed by atoms with Crippen molar-refractivity contribution in [2.24, 2.45) is 0 Å². The van der Waals surface area contributed by atoms with E-state index in [2.05, 4.69) is 29.2 Å². The van der Waals surface area contributed by atoms with Crippen LogP contribution in [0.15, 0.2) is 18.5 Å². The summed E-state index contributed by atoms with van der Waals surface area (Å²) in [5.74, 6) is -0.264. The van der Waals surface area contributed by atoms with Crippen LogP contribution in [0.4, 0.5) is 4.39 Å². The quantitative estimate of drug-likeness (QED) is 0.810. The molecule has 2 rings (SSSR count). The first-order valence-electron chi connectivity index (χ1n) is 5.21. The van der Waals surface area contributed by atoms with Crippen molar-refractivity contribution in [2.75, 3.05) is 20.1 Å². The Morgan fingerprint density at radius 2 is 2.27 bits per heavy atom. The first-order valence-corrected chi connectivity index (χ1v) is 5.21. The second-order valence-electron chi connectivity index (χ2n) is 4.09. The lowest BCUT2D eigenvalue weighted by Crippen LogP contribution is -2.56. The third-order valence-corrected chi connectivity index (χ3v) is 3.16. The molecule has 1 aromatic heterocycles. The van der Waals surface area contributed by atoms with Crippen LogP contribution in [0.2, 0.25) is 0 Å². The fraction of sp³-hybridized carbons (Fsp3) is 0.545. The van der Waals surface area contributed by atoms with Gasteiger partial charge in [-0.15, -0.1) is 0 Å². The van der Waals surface area contributed by atoms with Crippen molar-refractivity contribution in [3.63, 3.8) is 0 Å². The molecule has 1 saturated heterocycles. The number of nitrogens with one attached hydrogen (secondary N) is 1. The van der Waals surface area contributed by atoms with E-state index >= 15 is 0 Å². The second-order valence-corrected chi connectivity index (χ2v) is 4.09. The fourth-order valence-corrected chi connectivity index (χ4v) is 1.77. The predicted molar refractivity (Wildman–Crippen MR) is 57.0 cm³/mol. The van der Waals surface area contributed by atoms with Crippen LogP contribution in [0.1, 0.15) is 18.5 Å². The Labute approximate surface area is 89.3 Å². The third-order valence-electron chi connectivity index (χ3n) is 3.16. The summed E-state index contributed by atoms with van der Waals surface area (Å²) < 4.78 is 13.0. The first-order chi connectivity index (χ1) is 7.18. The zero-order chi connectivity index (χ0) is 10.8. The summed E-state index contributed by atoms with van der Waals surface area (Å²) in [6.45, 7) is 4.11. The smallest absolute Gasteiger partial charge is 0.141 e. The van der Waals surface area contributed by atoms with Gasteiger partial charge in [0.2, 0.25) is 0 Å². The number of rotatable bonds is 3. The summed E-state index contributed by atoms with van der Waals surface area (Å²) in [6.07, 6.45) is 2.97. The predicted octanol–water partition coefficient (Wildman–Crippen LogP) is 1.19. The Hall–Kier alpha value is -1.00. The number of hydrogen-bond acceptors (Lipinski definition) is 3. The molecule has 0 aromatic carbocycles. The molecule has 1 aliphatic heterocycles. The van der Waals surface area contributed by atoms with Crippen molar-refractivity contribution < 1.29 is 4.39 Å². The lowest BCUT2D eigenvalue weighted by molar-refractivity contribution is 0.136. The fourth-order valence-electron chi connectivity index (χ4n) is 1.77. The maximum absolute atomic E-state index is 13.0. The van der Waals surface area contributed by atoms with E-state index in [9.17, 15) is 4.39 Å². The van der Waals surface area contributed by atoms with Crippen LogP contribution in [-0.4, -0.2) is 36.1 Å². The van der Waals surface area contributed by atoms with E-state index in [1.165, 1.54) is 6.20 Å². The van der Waals surface area contributed by atoms with Crippen molar-refractivity contribution in [1.29, 1.82) is 0 Å². The Bertz CT molecular complexity index is 338. The molecule has 0 saturated carbocycles. The van der Waals surface area contributed by atoms with Gasteiger partial charge in [0.1, 0.15) is 5.82 Å². The lowest BCUT2D eigenvalue weighted by atomic mass is 10.0. The van der Waals surface area contributed by atoms with E-state index < -0.39 is 0 Å². The van der Waals surface area contributed by atoms with Gasteiger partial charge >= 0.3 is 0 Å². The molecule has 0 aliphatic carbocycles. The van der Waals surface area contributed by atoms with Crippen LogP contribution >= 0.6 is 0 Å². The monoisotopic (exact) mass is 209 g/mol. The van der Waals surface area contributed by atoms with Crippen LogP contribution < -0.4 is 5.32 Å². The number of likely N-dealkylation sites (N-methyl/N-ethyl adjacent to an activating group) is 1. The molecule has 15 heavy (non-hydrogen) atoms. The highest BCUT2D eigenvalue weighted by atomic mass is 19.1. The molecule has 1 aliphatic rings. The van der Waals surface area contributed by atoms with Gasteiger partial charge in [-0.3, -0.25) is 9.88 Å². The molecule has 2 heterocycles. The van der Waals surface area contributed by atoms with Crippen LogP contribution in [-0.2, 0) is 0 Å². The molecule has 0 amide bonds. The summed E-state index contributed by atoms with van der Waals surface area (Å²) in [6, 6.07) is 2.32. The Kier molecular flexibility index (Phi) is 2.98. The van der Waals surface area contributed by atoms with E-state index in [1.807, 2.05) is 0 Å². The largest absolute Gasteiger partial charge is 0.314 e. The van der Waals surface area contributed by atoms with E-state index in [1.54, 1.807) is 12.3 Å². The highest BCUT2D eigenvalue weighted by molar-refractivity contribution is 5.15. The van der Waals surface area contributed by atoms with Crippen LogP contribution in [0.25, 0.3) is 0 Å². The van der Waals surface area contributed by atoms with Gasteiger partial charge in [-0.25, -0.2) is 4.39 Å². The highest BCUT2D eigenvalue weighted by Crippen LogP contribution is 2.21. The zero-order valence-electron chi connectivity index (χ0n) is 9.07. The van der Waals surface area contributed by atoms with E-state index in [4.69, 9.17) is 0 Å². The summed E-state index contributed by atoms with van der Waals surface area (Å²) in [7, 11) is 2.07. The Morgan fingerprint density at radius 3 is 2.80 bits per heavy atom. The molecule has 0 radical (unpaired) electrons. The SMILES string of the molecule is CC(c1cncc(F)c1)N(C)C1CNC1. The van der Waals surface area contributed by atoms with Gasteiger partial charge in [-0.1, -0.05) is 0 Å². The van der Waals surface area contributed by atoms with E-state index in [0.717, 1.165) is 18.7 Å². The summed E-state index contributed by atoms with van der Waals surface area (Å²) in [5.41, 5.74) is 0.935. The molecule has 1 unspecified atom stereocenters. The molecule has 1 aromatic rings. The van der Waals surface area contributed by atoms with Crippen molar-refractivity contribution in [3.8, 4) is 0 Å². The molecule has 3 nitrogen and oxygen atoms in total. The summed E-state index contributed by atoms with van der Waals surface area (Å²) in [5, 5.41) is 3.23. The average molecular weight is 209 g/mol. The maximum Gasteiger partial charge on any atom is 0.141 e. The van der Waals surface area contributed by atoms with E-state index in [-0.39, 0.29) is 11.9 Å². The zero-order valence-corrected chi connectivity index (χ0v) is 9.07. The number of halogens is 1. The summed E-state index contributed by atoms with van der Waals surface area (Å²) in [4.78, 5) is 6.13. The third kappa shape index (κ3) is 2.16. The summed E-state index contributed by atoms with van der Waals surface area (Å²) >= 11 is 0. The van der Waals surface area contributed by atoms with Crippen LogP contribution in [0.3, 0.4) is 0 Å². The number of hydrogen-bond donors (Lipinski definition) is 1. The molecule has 0 bridgehead atoms. The van der Waals surface area contributed by atoms with Crippen molar-refractivity contribution in [1.82, 2.24) is 15.2 Å². The maximum atomic E-state index is 13.0. The Balaban J connectivity index is 2.08. The number of aromatic nitrogens is 1. The highest BCUT2D eigenvalue weighted by Gasteiger charge is 2.25. The van der Waals surface area contributed by atoms with Gasteiger partial charge < -0.3 is 5.32 Å². The van der Waals surface area contributed by atoms with Gasteiger partial charge in [-0.2, -0.15) is 0 Å². The van der Waals surface area contributed by atoms with Gasteiger partial charge in [0.15, 0.2) is 0 Å². The topological polar surface area (TPSA) is 28.2 Å². The molecular weight excluding hydrogens is 193 g/mol. The molecule has 1 atom stereocenters. The molecule has 1 N–H and O–H groups in total. The lowest BCUT2D eigenvalue weighted by Gasteiger charge is -2.39. The van der Waals surface area contributed by atoms with E-state index in [0.29, 0.717) is 6.04 Å². The first kappa shape index (κ1) is 10.5. The molecule has 1 fully saturated rings. The standard InChI is InChI=1S/C11H16FN3/c1-8(15(2)11-6-14-7-11)9-3-10(12)5-13-4-9/h3-5,8,11,14H,6-7H2,1-2H3. The van der Waals surface area contributed by atoms with Crippen LogP contribution in [0, 0.1) is 5.82 Å². The minimum absolute atomic E-state index is 0.209. The van der Waals surface area contributed by atoms with Crippen LogP contribution in [0.5, 0.6) is 0 Å². The number of nitrogens with zero attached hydrogens (tertiary/aromatic N) is 2. The van der Waals surface area contributed by atoms with Gasteiger partial charge in [0, 0.05) is 31.4 Å². The Morgan fingerprint density at radius 1 is 1.53 bits per heavy atom. The number of pyridine rings is 1. The van der Waals surface area contributed by atoms with Gasteiger partial charge in [0.05, 0.1) is 6.20 Å². The van der Waals surface area contributed by atoms with Crippen molar-refractivity contribution in [3.05, 3.63) is 29.8 Å². The molecule has 82 valence electrons. The van der Waals surface area contributed by atoms with Gasteiger partial charge in [-0.05, 0) is 25.6 Å². The second kappa shape index (κ2) is 4.24. The average Bonchev–Trinajstić information content (AvgIpc) is 2.14. The van der Waals surface area contributed by atoms with Gasteiger partial charge in [0.25, 0.3) is 0 Å². The minimum atomic E-state index is -0.264.